The molecule has 2 aromatic carbocycles. The van der Waals surface area contributed by atoms with Crippen LogP contribution < -0.4 is 20.1 Å². The first-order valence-electron chi connectivity index (χ1n) is 7.60. The van der Waals surface area contributed by atoms with Crippen molar-refractivity contribution < 1.29 is 24.1 Å². The van der Waals surface area contributed by atoms with E-state index in [1.54, 1.807) is 0 Å². The summed E-state index contributed by atoms with van der Waals surface area (Å²) in [5.74, 6) is -0.0374. The van der Waals surface area contributed by atoms with Crippen LogP contribution in [0.1, 0.15) is 0 Å². The molecule has 0 radical (unpaired) electrons. The molecule has 0 aliphatic heterocycles. The largest absolute Gasteiger partial charge is 0.495 e. The molecule has 11 nitrogen and oxygen atoms in total. The zero-order chi connectivity index (χ0) is 20.7. The highest BCUT2D eigenvalue weighted by atomic mass is 32.1. The van der Waals surface area contributed by atoms with E-state index in [1.165, 1.54) is 49.6 Å². The van der Waals surface area contributed by atoms with Crippen LogP contribution in [0.25, 0.3) is 0 Å². The summed E-state index contributed by atoms with van der Waals surface area (Å²) in [5.41, 5.74) is -0.0784. The van der Waals surface area contributed by atoms with Gasteiger partial charge in [0.15, 0.2) is 11.7 Å². The number of non-ortho nitro benzene ring substituents is 2. The molecule has 1 amide bonds. The fourth-order valence-electron chi connectivity index (χ4n) is 2.04. The Morgan fingerprint density at radius 1 is 1.07 bits per heavy atom. The molecule has 0 aromatic heterocycles. The second kappa shape index (κ2) is 9.23. The summed E-state index contributed by atoms with van der Waals surface area (Å²) in [4.78, 5) is 32.2. The number of benzene rings is 2. The number of rotatable bonds is 7. The van der Waals surface area contributed by atoms with E-state index in [4.69, 9.17) is 21.7 Å². The molecule has 0 aliphatic carbocycles. The number of ether oxygens (including phenoxy) is 2. The fraction of sp³-hybridized carbons (Fsp3) is 0.125. The van der Waals surface area contributed by atoms with Gasteiger partial charge in [-0.25, -0.2) is 0 Å². The predicted octanol–water partition coefficient (Wildman–Crippen LogP) is 2.40. The van der Waals surface area contributed by atoms with Crippen molar-refractivity contribution in [3.63, 3.8) is 0 Å². The van der Waals surface area contributed by atoms with Crippen LogP contribution in [0.5, 0.6) is 11.5 Å². The lowest BCUT2D eigenvalue weighted by molar-refractivity contribution is -0.385. The third kappa shape index (κ3) is 5.60. The van der Waals surface area contributed by atoms with E-state index in [0.29, 0.717) is 5.75 Å². The van der Waals surface area contributed by atoms with Gasteiger partial charge in [0, 0.05) is 24.3 Å². The van der Waals surface area contributed by atoms with Crippen LogP contribution in [0.4, 0.5) is 17.1 Å². The summed E-state index contributed by atoms with van der Waals surface area (Å²) in [6.45, 7) is -0.397. The molecule has 0 unspecified atom stereocenters. The van der Waals surface area contributed by atoms with E-state index >= 15 is 0 Å². The molecule has 146 valence electrons. The maximum Gasteiger partial charge on any atom is 0.271 e. The molecule has 0 fully saturated rings. The summed E-state index contributed by atoms with van der Waals surface area (Å²) < 4.78 is 10.3. The Kier molecular flexibility index (Phi) is 6.76. The lowest BCUT2D eigenvalue weighted by Crippen LogP contribution is -2.37. The monoisotopic (exact) mass is 406 g/mol. The first kappa shape index (κ1) is 20.5. The zero-order valence-corrected chi connectivity index (χ0v) is 15.2. The SMILES string of the molecule is COc1ccc([N+](=O)[O-])cc1NC(=S)NC(=O)COc1ccc([N+](=O)[O-])cc1. The molecule has 28 heavy (non-hydrogen) atoms. The van der Waals surface area contributed by atoms with Gasteiger partial charge in [-0.2, -0.15) is 0 Å². The quantitative estimate of drug-likeness (QED) is 0.402. The number of nitrogens with zero attached hydrogens (tertiary/aromatic N) is 2. The molecule has 0 atom stereocenters. The predicted molar refractivity (Wildman–Crippen MR) is 103 cm³/mol. The van der Waals surface area contributed by atoms with Crippen molar-refractivity contribution >= 4 is 40.3 Å². The third-order valence-corrected chi connectivity index (χ3v) is 3.52. The van der Waals surface area contributed by atoms with Gasteiger partial charge in [0.1, 0.15) is 11.5 Å². The van der Waals surface area contributed by atoms with E-state index in [0.717, 1.165) is 0 Å². The summed E-state index contributed by atoms with van der Waals surface area (Å²) in [7, 11) is 1.38. The van der Waals surface area contributed by atoms with Gasteiger partial charge < -0.3 is 14.8 Å². The molecule has 0 bridgehead atoms. The van der Waals surface area contributed by atoms with Gasteiger partial charge in [-0.15, -0.1) is 0 Å². The average molecular weight is 406 g/mol. The normalized spacial score (nSPS) is 9.89. The van der Waals surface area contributed by atoms with Crippen LogP contribution in [-0.4, -0.2) is 34.6 Å². The first-order chi connectivity index (χ1) is 13.3. The topological polar surface area (TPSA) is 146 Å². The van der Waals surface area contributed by atoms with Gasteiger partial charge in [-0.3, -0.25) is 30.3 Å². The van der Waals surface area contributed by atoms with Gasteiger partial charge in [0.2, 0.25) is 0 Å². The molecule has 0 aliphatic rings. The molecule has 2 N–H and O–H groups in total. The van der Waals surface area contributed by atoms with Gasteiger partial charge in [0.05, 0.1) is 22.6 Å². The second-order valence-electron chi connectivity index (χ2n) is 5.18. The van der Waals surface area contributed by atoms with Gasteiger partial charge in [-0.1, -0.05) is 0 Å². The Balaban J connectivity index is 1.92. The van der Waals surface area contributed by atoms with Crippen molar-refractivity contribution in [1.82, 2.24) is 5.32 Å². The smallest absolute Gasteiger partial charge is 0.271 e. The number of methoxy groups -OCH3 is 1. The summed E-state index contributed by atoms with van der Waals surface area (Å²) >= 11 is 5.01. The van der Waals surface area contributed by atoms with Gasteiger partial charge in [0.25, 0.3) is 17.3 Å². The maximum atomic E-state index is 11.9. The lowest BCUT2D eigenvalue weighted by atomic mass is 10.2. The fourth-order valence-corrected chi connectivity index (χ4v) is 2.26. The van der Waals surface area contributed by atoms with Gasteiger partial charge >= 0.3 is 0 Å². The van der Waals surface area contributed by atoms with Crippen molar-refractivity contribution in [2.45, 2.75) is 0 Å². The number of nitrogens with one attached hydrogen (secondary N) is 2. The first-order valence-corrected chi connectivity index (χ1v) is 8.01. The van der Waals surface area contributed by atoms with Crippen LogP contribution in [0.2, 0.25) is 0 Å². The number of carbonyl (C=O) groups is 1. The number of anilines is 1. The molecule has 12 heteroatoms. The highest BCUT2D eigenvalue weighted by Crippen LogP contribution is 2.28. The maximum absolute atomic E-state index is 11.9. The Labute approximate surface area is 163 Å². The van der Waals surface area contributed by atoms with E-state index in [2.05, 4.69) is 10.6 Å². The van der Waals surface area contributed by atoms with Crippen molar-refractivity contribution in [3.05, 3.63) is 62.7 Å². The zero-order valence-electron chi connectivity index (χ0n) is 14.4. The molecular formula is C16H14N4O7S. The third-order valence-electron chi connectivity index (χ3n) is 3.31. The van der Waals surface area contributed by atoms with Crippen molar-refractivity contribution in [2.24, 2.45) is 0 Å². The van der Waals surface area contributed by atoms with E-state index in [1.807, 2.05) is 0 Å². The number of hydrogen-bond acceptors (Lipinski definition) is 8. The lowest BCUT2D eigenvalue weighted by Gasteiger charge is -2.13. The van der Waals surface area contributed by atoms with E-state index in [-0.39, 0.29) is 27.9 Å². The number of hydrogen-bond donors (Lipinski definition) is 2. The molecule has 0 saturated carbocycles. The van der Waals surface area contributed by atoms with Crippen LogP contribution in [0.15, 0.2) is 42.5 Å². The minimum atomic E-state index is -0.597. The summed E-state index contributed by atoms with van der Waals surface area (Å²) in [5, 5.41) is 26.3. The van der Waals surface area contributed by atoms with E-state index < -0.39 is 22.4 Å². The average Bonchev–Trinajstić information content (AvgIpc) is 2.66. The van der Waals surface area contributed by atoms with Crippen LogP contribution in [-0.2, 0) is 4.79 Å². The van der Waals surface area contributed by atoms with Crippen molar-refractivity contribution in [1.29, 1.82) is 0 Å². The summed E-state index contributed by atoms with van der Waals surface area (Å²) in [6, 6.07) is 9.07. The minimum Gasteiger partial charge on any atom is -0.495 e. The van der Waals surface area contributed by atoms with E-state index in [9.17, 15) is 25.0 Å². The number of amides is 1. The van der Waals surface area contributed by atoms with Gasteiger partial charge in [-0.05, 0) is 30.4 Å². The second-order valence-corrected chi connectivity index (χ2v) is 5.59. The molecular weight excluding hydrogens is 392 g/mol. The van der Waals surface area contributed by atoms with Crippen molar-refractivity contribution in [3.8, 4) is 11.5 Å². The Morgan fingerprint density at radius 2 is 1.68 bits per heavy atom. The highest BCUT2D eigenvalue weighted by molar-refractivity contribution is 7.80. The molecule has 0 saturated heterocycles. The molecule has 0 spiro atoms. The Hall–Kier alpha value is -3.80. The van der Waals surface area contributed by atoms with Crippen LogP contribution in [0, 0.1) is 20.2 Å². The van der Waals surface area contributed by atoms with Crippen molar-refractivity contribution in [2.75, 3.05) is 19.0 Å². The number of nitro groups is 2. The molecule has 2 aromatic rings. The van der Waals surface area contributed by atoms with Crippen LogP contribution in [0.3, 0.4) is 0 Å². The number of nitro benzene ring substituents is 2. The minimum absolute atomic E-state index is 0.104. The van der Waals surface area contributed by atoms with Crippen LogP contribution >= 0.6 is 12.2 Å². The molecule has 2 rings (SSSR count). The Bertz CT molecular complexity index is 918. The number of carbonyl (C=O) groups excluding carboxylic acids is 1. The molecule has 0 heterocycles. The highest BCUT2D eigenvalue weighted by Gasteiger charge is 2.14. The summed E-state index contributed by atoms with van der Waals surface area (Å²) in [6.07, 6.45) is 0. The standard InChI is InChI=1S/C16H14N4O7S/c1-26-14-7-4-11(20(24)25)8-13(14)17-16(28)18-15(21)9-27-12-5-2-10(3-6-12)19(22)23/h2-8H,9H2,1H3,(H2,17,18,21,28). The number of thiocarbonyl (C=S) groups is 1. The Morgan fingerprint density at radius 3 is 2.25 bits per heavy atom.